The number of nitrogens with two attached hydrogens (primary N) is 1. The minimum absolute atomic E-state index is 0.00758. The Morgan fingerprint density at radius 3 is 3.10 bits per heavy atom. The molecule has 1 fully saturated rings. The first-order valence-corrected chi connectivity index (χ1v) is 6.59. The Labute approximate surface area is 117 Å². The van der Waals surface area contributed by atoms with Crippen molar-refractivity contribution in [2.45, 2.75) is 18.9 Å². The van der Waals surface area contributed by atoms with Crippen LogP contribution in [0.1, 0.15) is 28.8 Å². The van der Waals surface area contributed by atoms with E-state index in [1.54, 1.807) is 0 Å². The normalized spacial score (nSPS) is 17.4. The van der Waals surface area contributed by atoms with Gasteiger partial charge in [0.1, 0.15) is 5.82 Å². The molecule has 1 aromatic rings. The highest BCUT2D eigenvalue weighted by molar-refractivity contribution is 5.94. The van der Waals surface area contributed by atoms with Gasteiger partial charge in [-0.15, -0.1) is 0 Å². The molecule has 1 heterocycles. The monoisotopic (exact) mass is 276 g/mol. The number of halogens is 1. The standard InChI is InChI=1S/C15H17FN2O2/c16-14-6-5-11(3-1-7-17)9-13(14)15(19)18-10-12-4-2-8-20-12/h5-6,9,12H,2,4,7-8,10,17H2,(H,18,19). The van der Waals surface area contributed by atoms with Gasteiger partial charge >= 0.3 is 0 Å². The SMILES string of the molecule is NCC#Cc1ccc(F)c(C(=O)NCC2CCCO2)c1. The molecular weight excluding hydrogens is 259 g/mol. The molecule has 0 aliphatic carbocycles. The van der Waals surface area contributed by atoms with Crippen LogP contribution in [-0.2, 0) is 4.74 Å². The zero-order chi connectivity index (χ0) is 14.4. The molecule has 20 heavy (non-hydrogen) atoms. The maximum atomic E-state index is 13.7. The third-order valence-corrected chi connectivity index (χ3v) is 3.06. The molecule has 1 amide bonds. The lowest BCUT2D eigenvalue weighted by molar-refractivity contribution is 0.0854. The molecule has 106 valence electrons. The van der Waals surface area contributed by atoms with E-state index in [4.69, 9.17) is 10.5 Å². The summed E-state index contributed by atoms with van der Waals surface area (Å²) in [5.74, 6) is 4.44. The van der Waals surface area contributed by atoms with Crippen molar-refractivity contribution in [2.24, 2.45) is 5.73 Å². The van der Waals surface area contributed by atoms with Crippen LogP contribution in [0, 0.1) is 17.7 Å². The average molecular weight is 276 g/mol. The number of carbonyl (C=O) groups is 1. The molecule has 0 spiro atoms. The highest BCUT2D eigenvalue weighted by Gasteiger charge is 2.18. The third-order valence-electron chi connectivity index (χ3n) is 3.06. The van der Waals surface area contributed by atoms with E-state index in [9.17, 15) is 9.18 Å². The van der Waals surface area contributed by atoms with Crippen molar-refractivity contribution in [2.75, 3.05) is 19.7 Å². The first-order valence-electron chi connectivity index (χ1n) is 6.59. The fraction of sp³-hybridized carbons (Fsp3) is 0.400. The number of rotatable bonds is 3. The fourth-order valence-electron chi connectivity index (χ4n) is 2.04. The second-order valence-corrected chi connectivity index (χ2v) is 4.55. The number of ether oxygens (including phenoxy) is 1. The summed E-state index contributed by atoms with van der Waals surface area (Å²) in [6.07, 6.45) is 1.95. The quantitative estimate of drug-likeness (QED) is 0.811. The van der Waals surface area contributed by atoms with E-state index in [1.165, 1.54) is 18.2 Å². The molecule has 0 saturated carbocycles. The van der Waals surface area contributed by atoms with Crippen LogP contribution in [0.25, 0.3) is 0 Å². The molecule has 5 heteroatoms. The van der Waals surface area contributed by atoms with Gasteiger partial charge < -0.3 is 15.8 Å². The van der Waals surface area contributed by atoms with Crippen LogP contribution in [0.4, 0.5) is 4.39 Å². The number of hydrogen-bond donors (Lipinski definition) is 2. The van der Waals surface area contributed by atoms with Gasteiger partial charge in [0.25, 0.3) is 5.91 Å². The van der Waals surface area contributed by atoms with Crippen molar-refractivity contribution < 1.29 is 13.9 Å². The summed E-state index contributed by atoms with van der Waals surface area (Å²) in [6.45, 7) is 1.34. The van der Waals surface area contributed by atoms with E-state index < -0.39 is 11.7 Å². The van der Waals surface area contributed by atoms with Crippen molar-refractivity contribution in [3.8, 4) is 11.8 Å². The van der Waals surface area contributed by atoms with Crippen LogP contribution in [0.3, 0.4) is 0 Å². The number of amides is 1. The first kappa shape index (κ1) is 14.5. The Bertz CT molecular complexity index is 543. The van der Waals surface area contributed by atoms with E-state index in [-0.39, 0.29) is 18.2 Å². The molecule has 2 rings (SSSR count). The van der Waals surface area contributed by atoms with Crippen LogP contribution < -0.4 is 11.1 Å². The van der Waals surface area contributed by atoms with Gasteiger partial charge in [0.05, 0.1) is 18.2 Å². The molecule has 0 bridgehead atoms. The van der Waals surface area contributed by atoms with E-state index in [0.29, 0.717) is 12.1 Å². The van der Waals surface area contributed by atoms with Gasteiger partial charge in [-0.3, -0.25) is 4.79 Å². The van der Waals surface area contributed by atoms with Gasteiger partial charge in [0.15, 0.2) is 0 Å². The molecule has 1 atom stereocenters. The molecule has 0 radical (unpaired) electrons. The Balaban J connectivity index is 2.03. The van der Waals surface area contributed by atoms with Crippen LogP contribution in [0.15, 0.2) is 18.2 Å². The summed E-state index contributed by atoms with van der Waals surface area (Å²) in [5.41, 5.74) is 5.84. The summed E-state index contributed by atoms with van der Waals surface area (Å²) < 4.78 is 19.1. The maximum absolute atomic E-state index is 13.7. The van der Waals surface area contributed by atoms with E-state index >= 15 is 0 Å². The predicted octanol–water partition coefficient (Wildman–Crippen LogP) is 1.04. The van der Waals surface area contributed by atoms with Gasteiger partial charge in [0, 0.05) is 18.7 Å². The van der Waals surface area contributed by atoms with Crippen molar-refractivity contribution in [1.82, 2.24) is 5.32 Å². The van der Waals surface area contributed by atoms with Gasteiger partial charge in [-0.25, -0.2) is 4.39 Å². The van der Waals surface area contributed by atoms with Crippen LogP contribution >= 0.6 is 0 Å². The van der Waals surface area contributed by atoms with Crippen molar-refractivity contribution >= 4 is 5.91 Å². The van der Waals surface area contributed by atoms with E-state index in [0.717, 1.165) is 19.4 Å². The third kappa shape index (κ3) is 3.80. The molecule has 1 aliphatic rings. The van der Waals surface area contributed by atoms with Crippen LogP contribution in [0.5, 0.6) is 0 Å². The smallest absolute Gasteiger partial charge is 0.254 e. The van der Waals surface area contributed by atoms with Crippen LogP contribution in [-0.4, -0.2) is 31.7 Å². The van der Waals surface area contributed by atoms with Crippen molar-refractivity contribution in [3.63, 3.8) is 0 Å². The Hall–Kier alpha value is -1.90. The lowest BCUT2D eigenvalue weighted by Crippen LogP contribution is -2.32. The molecule has 1 aromatic carbocycles. The zero-order valence-corrected chi connectivity index (χ0v) is 11.1. The lowest BCUT2D eigenvalue weighted by Gasteiger charge is -2.11. The Morgan fingerprint density at radius 2 is 2.40 bits per heavy atom. The second-order valence-electron chi connectivity index (χ2n) is 4.55. The first-order chi connectivity index (χ1) is 9.70. The predicted molar refractivity (Wildman–Crippen MR) is 73.6 cm³/mol. The Morgan fingerprint density at radius 1 is 1.55 bits per heavy atom. The summed E-state index contributed by atoms with van der Waals surface area (Å²) in [6, 6.07) is 4.19. The topological polar surface area (TPSA) is 64.4 Å². The maximum Gasteiger partial charge on any atom is 0.254 e. The molecule has 1 saturated heterocycles. The number of benzene rings is 1. The summed E-state index contributed by atoms with van der Waals surface area (Å²) in [4.78, 5) is 12.0. The molecule has 3 N–H and O–H groups in total. The molecular formula is C15H17FN2O2. The van der Waals surface area contributed by atoms with E-state index in [1.807, 2.05) is 0 Å². The Kier molecular flexibility index (Phi) is 5.10. The average Bonchev–Trinajstić information content (AvgIpc) is 2.97. The minimum Gasteiger partial charge on any atom is -0.376 e. The number of carbonyl (C=O) groups excluding carboxylic acids is 1. The number of nitrogens with one attached hydrogen (secondary N) is 1. The van der Waals surface area contributed by atoms with E-state index in [2.05, 4.69) is 17.2 Å². The minimum atomic E-state index is -0.562. The summed E-state index contributed by atoms with van der Waals surface area (Å²) in [7, 11) is 0. The van der Waals surface area contributed by atoms with Gasteiger partial charge in [0.2, 0.25) is 0 Å². The second kappa shape index (κ2) is 7.04. The highest BCUT2D eigenvalue weighted by atomic mass is 19.1. The molecule has 4 nitrogen and oxygen atoms in total. The van der Waals surface area contributed by atoms with Crippen molar-refractivity contribution in [3.05, 3.63) is 35.1 Å². The van der Waals surface area contributed by atoms with Crippen molar-refractivity contribution in [1.29, 1.82) is 0 Å². The summed E-state index contributed by atoms with van der Waals surface area (Å²) in [5, 5.41) is 2.69. The van der Waals surface area contributed by atoms with Gasteiger partial charge in [-0.05, 0) is 31.0 Å². The number of hydrogen-bond acceptors (Lipinski definition) is 3. The fourth-order valence-corrected chi connectivity index (χ4v) is 2.04. The highest BCUT2D eigenvalue weighted by Crippen LogP contribution is 2.12. The summed E-state index contributed by atoms with van der Waals surface area (Å²) >= 11 is 0. The van der Waals surface area contributed by atoms with Gasteiger partial charge in [-0.1, -0.05) is 11.8 Å². The lowest BCUT2D eigenvalue weighted by atomic mass is 10.1. The van der Waals surface area contributed by atoms with Crippen LogP contribution in [0.2, 0.25) is 0 Å². The largest absolute Gasteiger partial charge is 0.376 e. The zero-order valence-electron chi connectivity index (χ0n) is 11.1. The molecule has 0 aromatic heterocycles. The van der Waals surface area contributed by atoms with Gasteiger partial charge in [-0.2, -0.15) is 0 Å². The molecule has 1 unspecified atom stereocenters. The molecule has 1 aliphatic heterocycles.